The van der Waals surface area contributed by atoms with Crippen LogP contribution in [0.5, 0.6) is 0 Å². The standard InChI is InChI=1S/C15H12BrN5O/c16-13-10(8-3-1-2-4-9(8)14(17)22)7-12(20-13)11-5-6-19-15(18)21-11/h1-7,20H,(H2,17,22)(H2,18,19,21). The monoisotopic (exact) mass is 357 g/mol. The van der Waals surface area contributed by atoms with Crippen LogP contribution >= 0.6 is 15.9 Å². The number of nitrogens with two attached hydrogens (primary N) is 2. The zero-order valence-corrected chi connectivity index (χ0v) is 13.0. The number of hydrogen-bond acceptors (Lipinski definition) is 4. The van der Waals surface area contributed by atoms with Crippen LogP contribution in [0.4, 0.5) is 5.95 Å². The third-order valence-corrected chi connectivity index (χ3v) is 3.83. The number of rotatable bonds is 3. The Morgan fingerprint density at radius 1 is 1.18 bits per heavy atom. The number of nitrogen functional groups attached to an aromatic ring is 1. The number of benzene rings is 1. The van der Waals surface area contributed by atoms with Gasteiger partial charge in [0.15, 0.2) is 0 Å². The summed E-state index contributed by atoms with van der Waals surface area (Å²) in [5.74, 6) is -0.279. The normalized spacial score (nSPS) is 10.6. The average molecular weight is 358 g/mol. The lowest BCUT2D eigenvalue weighted by Gasteiger charge is -2.04. The van der Waals surface area contributed by atoms with E-state index in [1.165, 1.54) is 0 Å². The molecule has 6 nitrogen and oxygen atoms in total. The fourth-order valence-electron chi connectivity index (χ4n) is 2.22. The number of H-pyrrole nitrogens is 1. The number of amides is 1. The van der Waals surface area contributed by atoms with E-state index in [9.17, 15) is 4.79 Å². The van der Waals surface area contributed by atoms with Gasteiger partial charge < -0.3 is 16.5 Å². The molecule has 110 valence electrons. The van der Waals surface area contributed by atoms with Crippen molar-refractivity contribution in [3.8, 4) is 22.5 Å². The summed E-state index contributed by atoms with van der Waals surface area (Å²) >= 11 is 3.47. The number of aromatic amines is 1. The fourth-order valence-corrected chi connectivity index (χ4v) is 2.76. The first-order valence-corrected chi connectivity index (χ1v) is 7.22. The predicted octanol–water partition coefficient (Wildman–Crippen LogP) is 2.58. The SMILES string of the molecule is NC(=O)c1ccccc1-c1cc(-c2ccnc(N)n2)[nH]c1Br. The predicted molar refractivity (Wildman–Crippen MR) is 87.9 cm³/mol. The highest BCUT2D eigenvalue weighted by Crippen LogP contribution is 2.34. The van der Waals surface area contributed by atoms with Crippen molar-refractivity contribution >= 4 is 27.8 Å². The molecule has 0 saturated carbocycles. The van der Waals surface area contributed by atoms with Crippen molar-refractivity contribution < 1.29 is 4.79 Å². The molecule has 0 aliphatic heterocycles. The third-order valence-electron chi connectivity index (χ3n) is 3.20. The number of primary amides is 1. The lowest BCUT2D eigenvalue weighted by atomic mass is 10.0. The molecule has 22 heavy (non-hydrogen) atoms. The van der Waals surface area contributed by atoms with Crippen molar-refractivity contribution in [2.24, 2.45) is 5.73 Å². The first-order valence-electron chi connectivity index (χ1n) is 6.43. The number of aromatic nitrogens is 3. The van der Waals surface area contributed by atoms with Crippen molar-refractivity contribution in [2.45, 2.75) is 0 Å². The third kappa shape index (κ3) is 2.58. The van der Waals surface area contributed by atoms with Gasteiger partial charge in [0.05, 0.1) is 16.0 Å². The van der Waals surface area contributed by atoms with Crippen LogP contribution in [0.2, 0.25) is 0 Å². The largest absolute Gasteiger partial charge is 0.368 e. The van der Waals surface area contributed by atoms with Crippen LogP contribution in [-0.2, 0) is 0 Å². The van der Waals surface area contributed by atoms with E-state index in [0.717, 1.165) is 21.4 Å². The van der Waals surface area contributed by atoms with E-state index in [0.29, 0.717) is 11.3 Å². The van der Waals surface area contributed by atoms with E-state index >= 15 is 0 Å². The lowest BCUT2D eigenvalue weighted by molar-refractivity contribution is 0.100. The van der Waals surface area contributed by atoms with Crippen molar-refractivity contribution in [3.63, 3.8) is 0 Å². The number of halogens is 1. The Hall–Kier alpha value is -2.67. The summed E-state index contributed by atoms with van der Waals surface area (Å²) in [5, 5.41) is 0. The molecular formula is C15H12BrN5O. The second-order valence-electron chi connectivity index (χ2n) is 4.62. The molecule has 0 spiro atoms. The zero-order valence-electron chi connectivity index (χ0n) is 11.4. The van der Waals surface area contributed by atoms with Crippen LogP contribution in [0, 0.1) is 0 Å². The Balaban J connectivity index is 2.13. The van der Waals surface area contributed by atoms with Gasteiger partial charge >= 0.3 is 0 Å². The fraction of sp³-hybridized carbons (Fsp3) is 0. The molecule has 2 heterocycles. The van der Waals surface area contributed by atoms with Crippen LogP contribution < -0.4 is 11.5 Å². The molecule has 0 unspecified atom stereocenters. The summed E-state index contributed by atoms with van der Waals surface area (Å²) in [6.45, 7) is 0. The Labute approximate surface area is 134 Å². The molecule has 0 saturated heterocycles. The van der Waals surface area contributed by atoms with Gasteiger partial charge in [0.25, 0.3) is 0 Å². The van der Waals surface area contributed by atoms with Crippen molar-refractivity contribution in [2.75, 3.05) is 5.73 Å². The van der Waals surface area contributed by atoms with E-state index < -0.39 is 5.91 Å². The number of hydrogen-bond donors (Lipinski definition) is 3. The van der Waals surface area contributed by atoms with Gasteiger partial charge in [-0.15, -0.1) is 0 Å². The Morgan fingerprint density at radius 2 is 1.95 bits per heavy atom. The molecule has 0 fully saturated rings. The Kier molecular flexibility index (Phi) is 3.64. The summed E-state index contributed by atoms with van der Waals surface area (Å²) < 4.78 is 0.730. The highest BCUT2D eigenvalue weighted by atomic mass is 79.9. The average Bonchev–Trinajstić information content (AvgIpc) is 2.89. The molecule has 0 bridgehead atoms. The quantitative estimate of drug-likeness (QED) is 0.668. The maximum atomic E-state index is 11.6. The molecule has 0 aliphatic rings. The van der Waals surface area contributed by atoms with Gasteiger partial charge in [-0.05, 0) is 39.7 Å². The highest BCUT2D eigenvalue weighted by Gasteiger charge is 2.15. The molecule has 2 aromatic heterocycles. The molecule has 0 aliphatic carbocycles. The lowest BCUT2D eigenvalue weighted by Crippen LogP contribution is -2.12. The molecule has 0 atom stereocenters. The Bertz CT molecular complexity index is 859. The molecular weight excluding hydrogens is 346 g/mol. The van der Waals surface area contributed by atoms with Gasteiger partial charge in [0, 0.05) is 17.3 Å². The van der Waals surface area contributed by atoms with E-state index in [2.05, 4.69) is 30.9 Å². The molecule has 3 rings (SSSR count). The van der Waals surface area contributed by atoms with Gasteiger partial charge in [-0.2, -0.15) is 0 Å². The number of nitrogens with one attached hydrogen (secondary N) is 1. The zero-order chi connectivity index (χ0) is 15.7. The molecule has 1 amide bonds. The van der Waals surface area contributed by atoms with E-state index in [-0.39, 0.29) is 5.95 Å². The van der Waals surface area contributed by atoms with E-state index in [1.807, 2.05) is 18.2 Å². The maximum absolute atomic E-state index is 11.6. The van der Waals surface area contributed by atoms with Crippen molar-refractivity contribution in [1.29, 1.82) is 0 Å². The highest BCUT2D eigenvalue weighted by molar-refractivity contribution is 9.10. The first-order chi connectivity index (χ1) is 10.6. The number of nitrogens with zero attached hydrogens (tertiary/aromatic N) is 2. The van der Waals surface area contributed by atoms with Gasteiger partial charge in [-0.3, -0.25) is 4.79 Å². The topological polar surface area (TPSA) is 111 Å². The number of carbonyl (C=O) groups excluding carboxylic acids is 1. The Morgan fingerprint density at radius 3 is 2.68 bits per heavy atom. The minimum atomic E-state index is -0.475. The summed E-state index contributed by atoms with van der Waals surface area (Å²) in [5.41, 5.74) is 14.5. The minimum absolute atomic E-state index is 0.197. The summed E-state index contributed by atoms with van der Waals surface area (Å²) in [4.78, 5) is 22.8. The van der Waals surface area contributed by atoms with Crippen molar-refractivity contribution in [3.05, 3.63) is 52.8 Å². The molecule has 1 aromatic carbocycles. The number of anilines is 1. The van der Waals surface area contributed by atoms with Gasteiger partial charge in [-0.1, -0.05) is 18.2 Å². The van der Waals surface area contributed by atoms with E-state index in [4.69, 9.17) is 11.5 Å². The van der Waals surface area contributed by atoms with Crippen LogP contribution in [-0.4, -0.2) is 20.9 Å². The molecule has 3 aromatic rings. The minimum Gasteiger partial charge on any atom is -0.368 e. The van der Waals surface area contributed by atoms with Crippen LogP contribution in [0.3, 0.4) is 0 Å². The second kappa shape index (κ2) is 5.61. The molecule has 0 radical (unpaired) electrons. The summed E-state index contributed by atoms with van der Waals surface area (Å²) in [6.07, 6.45) is 1.59. The molecule has 5 N–H and O–H groups in total. The van der Waals surface area contributed by atoms with Gasteiger partial charge in [-0.25, -0.2) is 9.97 Å². The number of carbonyl (C=O) groups is 1. The second-order valence-corrected chi connectivity index (χ2v) is 5.41. The van der Waals surface area contributed by atoms with Gasteiger partial charge in [0.1, 0.15) is 0 Å². The molecule has 7 heteroatoms. The maximum Gasteiger partial charge on any atom is 0.249 e. The summed E-state index contributed by atoms with van der Waals surface area (Å²) in [6, 6.07) is 10.8. The first kappa shape index (κ1) is 14.3. The van der Waals surface area contributed by atoms with Gasteiger partial charge in [0.2, 0.25) is 11.9 Å². The summed E-state index contributed by atoms with van der Waals surface area (Å²) in [7, 11) is 0. The van der Waals surface area contributed by atoms with Crippen LogP contribution in [0.15, 0.2) is 47.2 Å². The van der Waals surface area contributed by atoms with Crippen LogP contribution in [0.25, 0.3) is 22.5 Å². The van der Waals surface area contributed by atoms with Crippen LogP contribution in [0.1, 0.15) is 10.4 Å². The van der Waals surface area contributed by atoms with E-state index in [1.54, 1.807) is 24.4 Å². The van der Waals surface area contributed by atoms with Crippen molar-refractivity contribution in [1.82, 2.24) is 15.0 Å². The smallest absolute Gasteiger partial charge is 0.249 e.